The molecule has 0 radical (unpaired) electrons. The highest BCUT2D eigenvalue weighted by Crippen LogP contribution is 2.32. The molecule has 2 amide bonds. The van der Waals surface area contributed by atoms with Gasteiger partial charge in [0.1, 0.15) is 11.9 Å². The zero-order chi connectivity index (χ0) is 14.9. The summed E-state index contributed by atoms with van der Waals surface area (Å²) in [4.78, 5) is 36.4. The van der Waals surface area contributed by atoms with E-state index in [1.807, 2.05) is 13.8 Å². The van der Waals surface area contributed by atoms with E-state index in [2.05, 4.69) is 0 Å². The smallest absolute Gasteiger partial charge is 0.258 e. The molecule has 2 fully saturated rings. The van der Waals surface area contributed by atoms with Gasteiger partial charge >= 0.3 is 0 Å². The van der Waals surface area contributed by atoms with Crippen LogP contribution in [0.25, 0.3) is 0 Å². The molecule has 5 nitrogen and oxygen atoms in total. The summed E-state index contributed by atoms with van der Waals surface area (Å²) in [5, 5.41) is 9.39. The molecule has 0 bridgehead atoms. The van der Waals surface area contributed by atoms with Gasteiger partial charge < -0.3 is 5.11 Å². The van der Waals surface area contributed by atoms with Gasteiger partial charge in [0.2, 0.25) is 5.91 Å². The number of rotatable bonds is 4. The summed E-state index contributed by atoms with van der Waals surface area (Å²) >= 11 is 0. The van der Waals surface area contributed by atoms with Gasteiger partial charge in [-0.05, 0) is 31.6 Å². The Morgan fingerprint density at radius 2 is 1.85 bits per heavy atom. The number of carbonyl (C=O) groups excluding carboxylic acids is 3. The third kappa shape index (κ3) is 3.08. The number of aliphatic hydroxyl groups excluding tert-OH is 1. The number of ketones is 1. The van der Waals surface area contributed by atoms with Crippen molar-refractivity contribution in [3.8, 4) is 0 Å². The Morgan fingerprint density at radius 3 is 2.30 bits per heavy atom. The van der Waals surface area contributed by atoms with Crippen LogP contribution in [0.3, 0.4) is 0 Å². The first kappa shape index (κ1) is 15.2. The Hall–Kier alpha value is -1.23. The first-order valence-corrected chi connectivity index (χ1v) is 7.46. The zero-order valence-corrected chi connectivity index (χ0v) is 12.2. The van der Waals surface area contributed by atoms with Gasteiger partial charge in [-0.3, -0.25) is 19.3 Å². The van der Waals surface area contributed by atoms with Crippen molar-refractivity contribution in [2.45, 2.75) is 52.1 Å². The monoisotopic (exact) mass is 281 g/mol. The maximum Gasteiger partial charge on any atom is 0.258 e. The molecule has 1 unspecified atom stereocenters. The normalized spacial score (nSPS) is 31.2. The lowest BCUT2D eigenvalue weighted by Crippen LogP contribution is -2.38. The minimum absolute atomic E-state index is 0.0773. The summed E-state index contributed by atoms with van der Waals surface area (Å²) in [5.41, 5.74) is 0. The molecule has 5 heteroatoms. The molecule has 1 aliphatic heterocycles. The van der Waals surface area contributed by atoms with Gasteiger partial charge in [0.05, 0.1) is 6.42 Å². The van der Waals surface area contributed by atoms with Gasteiger partial charge in [-0.2, -0.15) is 0 Å². The third-order valence-corrected chi connectivity index (χ3v) is 4.48. The molecule has 112 valence electrons. The fraction of sp³-hybridized carbons (Fsp3) is 0.800. The quantitative estimate of drug-likeness (QED) is 0.784. The highest BCUT2D eigenvalue weighted by molar-refractivity contribution is 6.04. The second-order valence-corrected chi connectivity index (χ2v) is 6.34. The number of carbonyl (C=O) groups is 3. The highest BCUT2D eigenvalue weighted by Gasteiger charge is 2.39. The lowest BCUT2D eigenvalue weighted by molar-refractivity contribution is -0.142. The molecule has 1 atom stereocenters. The number of hydrogen-bond donors (Lipinski definition) is 1. The van der Waals surface area contributed by atoms with Gasteiger partial charge in [0.15, 0.2) is 0 Å². The lowest BCUT2D eigenvalue weighted by Gasteiger charge is -2.30. The summed E-state index contributed by atoms with van der Waals surface area (Å²) in [5.74, 6) is 0.0742. The predicted molar refractivity (Wildman–Crippen MR) is 72.6 cm³/mol. The van der Waals surface area contributed by atoms with Crippen molar-refractivity contribution < 1.29 is 19.5 Å². The van der Waals surface area contributed by atoms with Crippen LogP contribution in [0.1, 0.15) is 46.0 Å². The molecule has 1 heterocycles. The number of hydrogen-bond acceptors (Lipinski definition) is 4. The minimum atomic E-state index is -1.15. The first-order chi connectivity index (χ1) is 9.40. The Bertz CT molecular complexity index is 410. The lowest BCUT2D eigenvalue weighted by atomic mass is 9.77. The van der Waals surface area contributed by atoms with Crippen LogP contribution in [0.4, 0.5) is 0 Å². The third-order valence-electron chi connectivity index (χ3n) is 4.48. The number of nitrogens with zero attached hydrogens (tertiary/aromatic N) is 1. The van der Waals surface area contributed by atoms with Crippen LogP contribution in [0, 0.1) is 17.8 Å². The molecule has 0 aromatic rings. The highest BCUT2D eigenvalue weighted by atomic mass is 16.3. The molecule has 0 aromatic heterocycles. The molecule has 1 saturated carbocycles. The van der Waals surface area contributed by atoms with E-state index in [0.29, 0.717) is 12.3 Å². The van der Waals surface area contributed by atoms with Crippen molar-refractivity contribution in [1.82, 2.24) is 4.90 Å². The molecule has 0 spiro atoms. The van der Waals surface area contributed by atoms with Crippen molar-refractivity contribution in [3.05, 3.63) is 0 Å². The second-order valence-electron chi connectivity index (χ2n) is 6.34. The van der Waals surface area contributed by atoms with Gasteiger partial charge in [0, 0.05) is 18.4 Å². The SMILES string of the molecule is CC(C)C(=O)C1CCC(CN2C(=O)CC(O)C2=O)CC1. The van der Waals surface area contributed by atoms with Crippen molar-refractivity contribution in [2.75, 3.05) is 6.54 Å². The van der Waals surface area contributed by atoms with E-state index in [1.54, 1.807) is 0 Å². The van der Waals surface area contributed by atoms with E-state index in [-0.39, 0.29) is 30.1 Å². The molecule has 2 aliphatic rings. The van der Waals surface area contributed by atoms with Crippen LogP contribution in [0.5, 0.6) is 0 Å². The van der Waals surface area contributed by atoms with Crippen molar-refractivity contribution in [3.63, 3.8) is 0 Å². The minimum Gasteiger partial charge on any atom is -0.383 e. The number of aliphatic hydroxyl groups is 1. The Labute approximate surface area is 119 Å². The Morgan fingerprint density at radius 1 is 1.25 bits per heavy atom. The molecule has 0 aromatic carbocycles. The molecule has 20 heavy (non-hydrogen) atoms. The van der Waals surface area contributed by atoms with Crippen LogP contribution in [-0.2, 0) is 14.4 Å². The van der Waals surface area contributed by atoms with Gasteiger partial charge in [-0.15, -0.1) is 0 Å². The molecule has 1 N–H and O–H groups in total. The van der Waals surface area contributed by atoms with E-state index < -0.39 is 12.0 Å². The van der Waals surface area contributed by atoms with Gasteiger partial charge in [0.25, 0.3) is 5.91 Å². The Balaban J connectivity index is 1.84. The van der Waals surface area contributed by atoms with E-state index in [0.717, 1.165) is 25.7 Å². The van der Waals surface area contributed by atoms with Gasteiger partial charge in [-0.25, -0.2) is 0 Å². The molecule has 1 saturated heterocycles. The number of Topliss-reactive ketones (excluding diaryl/α,β-unsaturated/α-hetero) is 1. The van der Waals surface area contributed by atoms with Crippen LogP contribution >= 0.6 is 0 Å². The molecular weight excluding hydrogens is 258 g/mol. The molecule has 1 aliphatic carbocycles. The average molecular weight is 281 g/mol. The topological polar surface area (TPSA) is 74.7 Å². The van der Waals surface area contributed by atoms with Crippen LogP contribution in [0.2, 0.25) is 0 Å². The van der Waals surface area contributed by atoms with Crippen LogP contribution in [0.15, 0.2) is 0 Å². The summed E-state index contributed by atoms with van der Waals surface area (Å²) in [6, 6.07) is 0. The standard InChI is InChI=1S/C15H23NO4/c1-9(2)14(19)11-5-3-10(4-6-11)8-16-13(18)7-12(17)15(16)20/h9-12,17H,3-8H2,1-2H3. The van der Waals surface area contributed by atoms with Crippen LogP contribution in [-0.4, -0.2) is 40.3 Å². The van der Waals surface area contributed by atoms with Gasteiger partial charge in [-0.1, -0.05) is 13.8 Å². The zero-order valence-electron chi connectivity index (χ0n) is 12.2. The summed E-state index contributed by atoms with van der Waals surface area (Å²) < 4.78 is 0. The van der Waals surface area contributed by atoms with E-state index in [4.69, 9.17) is 0 Å². The maximum absolute atomic E-state index is 11.9. The van der Waals surface area contributed by atoms with Crippen molar-refractivity contribution in [2.24, 2.45) is 17.8 Å². The summed E-state index contributed by atoms with van der Waals surface area (Å²) in [7, 11) is 0. The van der Waals surface area contributed by atoms with E-state index in [1.165, 1.54) is 4.90 Å². The molecular formula is C15H23NO4. The first-order valence-electron chi connectivity index (χ1n) is 7.46. The largest absolute Gasteiger partial charge is 0.383 e. The van der Waals surface area contributed by atoms with E-state index in [9.17, 15) is 19.5 Å². The Kier molecular flexibility index (Phi) is 4.58. The number of amides is 2. The van der Waals surface area contributed by atoms with Crippen molar-refractivity contribution >= 4 is 17.6 Å². The predicted octanol–water partition coefficient (Wildman–Crippen LogP) is 1.14. The number of likely N-dealkylation sites (tertiary alicyclic amines) is 1. The van der Waals surface area contributed by atoms with Crippen molar-refractivity contribution in [1.29, 1.82) is 0 Å². The maximum atomic E-state index is 11.9. The van der Waals surface area contributed by atoms with E-state index >= 15 is 0 Å². The van der Waals surface area contributed by atoms with Crippen LogP contribution < -0.4 is 0 Å². The second kappa shape index (κ2) is 6.04. The fourth-order valence-corrected chi connectivity index (χ4v) is 3.22. The summed E-state index contributed by atoms with van der Waals surface area (Å²) in [6.45, 7) is 4.26. The average Bonchev–Trinajstić information content (AvgIpc) is 2.65. The molecule has 2 rings (SSSR count). The fourth-order valence-electron chi connectivity index (χ4n) is 3.22. The summed E-state index contributed by atoms with van der Waals surface area (Å²) in [6.07, 6.45) is 2.20. The number of imide groups is 1.